The zero-order valence-corrected chi connectivity index (χ0v) is 10.1. The highest BCUT2D eigenvalue weighted by molar-refractivity contribution is 5.81. The third kappa shape index (κ3) is 4.44. The lowest BCUT2D eigenvalue weighted by Gasteiger charge is -2.14. The molecule has 0 fully saturated rings. The van der Waals surface area contributed by atoms with Crippen molar-refractivity contribution in [1.82, 2.24) is 20.6 Å². The molecule has 0 spiro atoms. The molecule has 0 radical (unpaired) electrons. The van der Waals surface area contributed by atoms with Crippen molar-refractivity contribution in [2.45, 2.75) is 33.4 Å². The number of hydrogen-bond donors (Lipinski definition) is 3. The number of nitrogens with zero attached hydrogens (tertiary/aromatic N) is 1. The number of amides is 1. The Bertz CT molecular complexity index is 308. The number of rotatable bonds is 6. The second kappa shape index (κ2) is 6.27. The Morgan fingerprint density at radius 2 is 2.25 bits per heavy atom. The predicted octanol–water partition coefficient (Wildman–Crippen LogP) is 0.660. The third-order valence-electron chi connectivity index (χ3n) is 2.21. The van der Waals surface area contributed by atoms with Gasteiger partial charge in [-0.25, -0.2) is 4.98 Å². The van der Waals surface area contributed by atoms with E-state index in [4.69, 9.17) is 0 Å². The normalized spacial score (nSPS) is 12.8. The summed E-state index contributed by atoms with van der Waals surface area (Å²) in [4.78, 5) is 18.7. The average Bonchev–Trinajstić information content (AvgIpc) is 2.75. The molecule has 0 saturated carbocycles. The van der Waals surface area contributed by atoms with Gasteiger partial charge in [-0.15, -0.1) is 0 Å². The molecule has 1 amide bonds. The molecule has 0 aromatic carbocycles. The molecule has 1 aromatic heterocycles. The van der Waals surface area contributed by atoms with Crippen molar-refractivity contribution in [3.05, 3.63) is 18.2 Å². The van der Waals surface area contributed by atoms with E-state index in [2.05, 4.69) is 34.4 Å². The molecule has 0 aliphatic carbocycles. The Morgan fingerprint density at radius 1 is 1.50 bits per heavy atom. The largest absolute Gasteiger partial charge is 0.354 e. The van der Waals surface area contributed by atoms with Crippen molar-refractivity contribution in [2.24, 2.45) is 5.92 Å². The number of aromatic nitrogens is 2. The molecule has 1 heterocycles. The Hall–Kier alpha value is -1.36. The Labute approximate surface area is 96.0 Å². The van der Waals surface area contributed by atoms with E-state index in [0.717, 1.165) is 5.82 Å². The van der Waals surface area contributed by atoms with E-state index in [1.54, 1.807) is 12.4 Å². The topological polar surface area (TPSA) is 69.8 Å². The lowest BCUT2D eigenvalue weighted by atomic mass is 10.2. The van der Waals surface area contributed by atoms with E-state index in [9.17, 15) is 4.79 Å². The summed E-state index contributed by atoms with van der Waals surface area (Å²) in [7, 11) is 0. The smallest absolute Gasteiger partial charge is 0.236 e. The minimum absolute atomic E-state index is 0.0280. The Kier molecular flexibility index (Phi) is 4.98. The van der Waals surface area contributed by atoms with E-state index < -0.39 is 0 Å². The third-order valence-corrected chi connectivity index (χ3v) is 2.21. The fraction of sp³-hybridized carbons (Fsp3) is 0.636. The maximum Gasteiger partial charge on any atom is 0.236 e. The van der Waals surface area contributed by atoms with Gasteiger partial charge in [0, 0.05) is 18.9 Å². The summed E-state index contributed by atoms with van der Waals surface area (Å²) in [5.41, 5.74) is 0. The summed E-state index contributed by atoms with van der Waals surface area (Å²) in [6.07, 6.45) is 3.46. The first-order valence-corrected chi connectivity index (χ1v) is 5.59. The van der Waals surface area contributed by atoms with Crippen LogP contribution < -0.4 is 10.6 Å². The second-order valence-corrected chi connectivity index (χ2v) is 4.28. The average molecular weight is 224 g/mol. The molecule has 5 nitrogen and oxygen atoms in total. The number of nitrogens with one attached hydrogen (secondary N) is 3. The highest BCUT2D eigenvalue weighted by Gasteiger charge is 2.12. The number of H-pyrrole nitrogens is 1. The highest BCUT2D eigenvalue weighted by atomic mass is 16.2. The van der Waals surface area contributed by atoms with Gasteiger partial charge in [0.2, 0.25) is 5.91 Å². The summed E-state index contributed by atoms with van der Waals surface area (Å²) < 4.78 is 0. The second-order valence-electron chi connectivity index (χ2n) is 4.28. The van der Waals surface area contributed by atoms with Gasteiger partial charge in [-0.2, -0.15) is 0 Å². The van der Waals surface area contributed by atoms with Gasteiger partial charge >= 0.3 is 0 Å². The van der Waals surface area contributed by atoms with Crippen molar-refractivity contribution in [2.75, 3.05) is 6.54 Å². The maximum absolute atomic E-state index is 11.6. The molecule has 0 aliphatic heterocycles. The van der Waals surface area contributed by atoms with Crippen LogP contribution in [0.4, 0.5) is 0 Å². The minimum atomic E-state index is -0.205. The van der Waals surface area contributed by atoms with Gasteiger partial charge in [0.15, 0.2) is 0 Å². The van der Waals surface area contributed by atoms with E-state index in [-0.39, 0.29) is 11.9 Å². The van der Waals surface area contributed by atoms with Gasteiger partial charge in [0.05, 0.1) is 12.6 Å². The molecule has 5 heteroatoms. The Balaban J connectivity index is 2.23. The fourth-order valence-electron chi connectivity index (χ4n) is 1.19. The molecule has 16 heavy (non-hydrogen) atoms. The number of imidazole rings is 1. The fourth-order valence-corrected chi connectivity index (χ4v) is 1.19. The molecule has 1 atom stereocenters. The van der Waals surface area contributed by atoms with Crippen LogP contribution in [0.2, 0.25) is 0 Å². The van der Waals surface area contributed by atoms with Crippen molar-refractivity contribution in [1.29, 1.82) is 0 Å². The van der Waals surface area contributed by atoms with Gasteiger partial charge in [0.1, 0.15) is 5.82 Å². The summed E-state index contributed by atoms with van der Waals surface area (Å²) in [6.45, 7) is 7.27. The van der Waals surface area contributed by atoms with Crippen LogP contribution in [-0.2, 0) is 11.3 Å². The van der Waals surface area contributed by atoms with Crippen molar-refractivity contribution < 1.29 is 4.79 Å². The van der Waals surface area contributed by atoms with Crippen LogP contribution in [0.15, 0.2) is 12.4 Å². The van der Waals surface area contributed by atoms with Crippen LogP contribution in [-0.4, -0.2) is 28.5 Å². The van der Waals surface area contributed by atoms with E-state index >= 15 is 0 Å². The predicted molar refractivity (Wildman–Crippen MR) is 62.7 cm³/mol. The minimum Gasteiger partial charge on any atom is -0.354 e. The first-order chi connectivity index (χ1) is 7.59. The van der Waals surface area contributed by atoms with Gasteiger partial charge in [0.25, 0.3) is 0 Å². The molecule has 1 rings (SSSR count). The lowest BCUT2D eigenvalue weighted by Crippen LogP contribution is -2.43. The lowest BCUT2D eigenvalue weighted by molar-refractivity contribution is -0.122. The quantitative estimate of drug-likeness (QED) is 0.665. The van der Waals surface area contributed by atoms with E-state index in [0.29, 0.717) is 19.0 Å². The number of hydrogen-bond acceptors (Lipinski definition) is 3. The van der Waals surface area contributed by atoms with E-state index in [1.165, 1.54) is 0 Å². The number of carbonyl (C=O) groups is 1. The van der Waals surface area contributed by atoms with Gasteiger partial charge in [-0.3, -0.25) is 10.1 Å². The maximum atomic E-state index is 11.6. The summed E-state index contributed by atoms with van der Waals surface area (Å²) in [5.74, 6) is 1.34. The first-order valence-electron chi connectivity index (χ1n) is 5.59. The summed E-state index contributed by atoms with van der Waals surface area (Å²) in [5, 5.41) is 5.98. The summed E-state index contributed by atoms with van der Waals surface area (Å²) in [6, 6.07) is -0.205. The van der Waals surface area contributed by atoms with Crippen LogP contribution in [0, 0.1) is 5.92 Å². The SMILES string of the molecule is CC(C)CNC(=O)C(C)NCc1ncc[nH]1. The van der Waals surface area contributed by atoms with Crippen LogP contribution in [0.5, 0.6) is 0 Å². The van der Waals surface area contributed by atoms with Crippen LogP contribution in [0.3, 0.4) is 0 Å². The monoisotopic (exact) mass is 224 g/mol. The molecule has 0 bridgehead atoms. The van der Waals surface area contributed by atoms with Crippen LogP contribution in [0.1, 0.15) is 26.6 Å². The molecule has 0 saturated heterocycles. The zero-order valence-electron chi connectivity index (χ0n) is 10.1. The Morgan fingerprint density at radius 3 is 2.81 bits per heavy atom. The van der Waals surface area contributed by atoms with Crippen molar-refractivity contribution in [3.8, 4) is 0 Å². The molecule has 3 N–H and O–H groups in total. The van der Waals surface area contributed by atoms with Gasteiger partial charge in [-0.05, 0) is 12.8 Å². The molecule has 90 valence electrons. The highest BCUT2D eigenvalue weighted by Crippen LogP contribution is 1.92. The molecular formula is C11H20N4O. The van der Waals surface area contributed by atoms with E-state index in [1.807, 2.05) is 6.92 Å². The molecule has 1 unspecified atom stereocenters. The van der Waals surface area contributed by atoms with Crippen molar-refractivity contribution in [3.63, 3.8) is 0 Å². The van der Waals surface area contributed by atoms with Gasteiger partial charge < -0.3 is 10.3 Å². The summed E-state index contributed by atoms with van der Waals surface area (Å²) >= 11 is 0. The number of aromatic amines is 1. The van der Waals surface area contributed by atoms with Crippen LogP contribution >= 0.6 is 0 Å². The zero-order chi connectivity index (χ0) is 12.0. The van der Waals surface area contributed by atoms with Gasteiger partial charge in [-0.1, -0.05) is 13.8 Å². The molecular weight excluding hydrogens is 204 g/mol. The van der Waals surface area contributed by atoms with Crippen LogP contribution in [0.25, 0.3) is 0 Å². The standard InChI is InChI=1S/C11H20N4O/c1-8(2)6-15-11(16)9(3)14-7-10-12-4-5-13-10/h4-5,8-9,14H,6-7H2,1-3H3,(H,12,13)(H,15,16). The van der Waals surface area contributed by atoms with Crippen molar-refractivity contribution >= 4 is 5.91 Å². The molecule has 1 aromatic rings. The first kappa shape index (κ1) is 12.7. The number of carbonyl (C=O) groups excluding carboxylic acids is 1. The molecule has 0 aliphatic rings.